The molecular weight excluding hydrogens is 296 g/mol. The Bertz CT molecular complexity index is 664. The monoisotopic (exact) mass is 309 g/mol. The van der Waals surface area contributed by atoms with Gasteiger partial charge in [-0.3, -0.25) is 4.79 Å². The lowest BCUT2D eigenvalue weighted by Crippen LogP contribution is -2.14. The van der Waals surface area contributed by atoms with Gasteiger partial charge in [0, 0.05) is 4.90 Å². The number of alkyl halides is 2. The van der Waals surface area contributed by atoms with Gasteiger partial charge < -0.3 is 16.8 Å². The molecule has 0 bridgehead atoms. The summed E-state index contributed by atoms with van der Waals surface area (Å²) in [5.41, 5.74) is 12.4. The van der Waals surface area contributed by atoms with Crippen LogP contribution in [0.2, 0.25) is 0 Å². The second kappa shape index (κ2) is 6.45. The van der Waals surface area contributed by atoms with Crippen LogP contribution in [0, 0.1) is 0 Å². The van der Waals surface area contributed by atoms with Gasteiger partial charge in [0.15, 0.2) is 0 Å². The van der Waals surface area contributed by atoms with Crippen LogP contribution >= 0.6 is 11.8 Å². The first-order valence-electron chi connectivity index (χ1n) is 5.98. The van der Waals surface area contributed by atoms with E-state index in [-0.39, 0.29) is 11.3 Å². The number of anilines is 3. The Morgan fingerprint density at radius 3 is 2.43 bits per heavy atom. The maximum Gasteiger partial charge on any atom is 0.288 e. The van der Waals surface area contributed by atoms with E-state index in [2.05, 4.69) is 5.32 Å². The number of hydrogen-bond donors (Lipinski definition) is 3. The fourth-order valence-corrected chi connectivity index (χ4v) is 2.40. The van der Waals surface area contributed by atoms with Crippen molar-refractivity contribution in [3.05, 3.63) is 48.0 Å². The van der Waals surface area contributed by atoms with Crippen molar-refractivity contribution in [2.75, 3.05) is 11.1 Å². The molecule has 0 radical (unpaired) electrons. The van der Waals surface area contributed by atoms with Gasteiger partial charge in [0.05, 0.1) is 22.6 Å². The number of primary amides is 1. The molecule has 5 N–H and O–H groups in total. The number of thioether (sulfide) groups is 1. The predicted octanol–water partition coefficient (Wildman–Crippen LogP) is 3.43. The van der Waals surface area contributed by atoms with E-state index in [4.69, 9.17) is 11.5 Å². The third kappa shape index (κ3) is 3.63. The molecule has 0 aliphatic carbocycles. The number of nitrogen functional groups attached to an aromatic ring is 1. The Labute approximate surface area is 124 Å². The Hall–Kier alpha value is -2.28. The van der Waals surface area contributed by atoms with Crippen molar-refractivity contribution in [1.29, 1.82) is 0 Å². The normalized spacial score (nSPS) is 10.6. The van der Waals surface area contributed by atoms with Crippen LogP contribution < -0.4 is 16.8 Å². The van der Waals surface area contributed by atoms with Gasteiger partial charge in [-0.2, -0.15) is 8.78 Å². The molecule has 0 atom stereocenters. The Morgan fingerprint density at radius 2 is 1.76 bits per heavy atom. The van der Waals surface area contributed by atoms with Crippen molar-refractivity contribution in [2.45, 2.75) is 10.7 Å². The van der Waals surface area contributed by atoms with Crippen molar-refractivity contribution >= 4 is 34.7 Å². The maximum absolute atomic E-state index is 12.5. The molecule has 0 saturated carbocycles. The van der Waals surface area contributed by atoms with Crippen LogP contribution in [-0.4, -0.2) is 11.7 Å². The molecule has 0 heterocycles. The van der Waals surface area contributed by atoms with E-state index in [0.717, 1.165) is 0 Å². The van der Waals surface area contributed by atoms with Crippen molar-refractivity contribution in [2.24, 2.45) is 5.73 Å². The number of nitrogens with two attached hydrogens (primary N) is 2. The minimum absolute atomic E-state index is 0.180. The second-order valence-corrected chi connectivity index (χ2v) is 5.16. The topological polar surface area (TPSA) is 81.1 Å². The standard InChI is InChI=1S/C14H13F2N3OS/c15-14(16)21-11-7-2-1-5-9(11)19-10-6-3-4-8(12(10)17)13(18)20/h1-7,14,19H,17H2,(H2,18,20). The highest BCUT2D eigenvalue weighted by Gasteiger charge is 2.13. The molecule has 0 aliphatic heterocycles. The first-order valence-corrected chi connectivity index (χ1v) is 6.86. The van der Waals surface area contributed by atoms with Crippen LogP contribution in [0.4, 0.5) is 25.8 Å². The minimum atomic E-state index is -2.53. The summed E-state index contributed by atoms with van der Waals surface area (Å²) in [4.78, 5) is 11.6. The molecule has 0 spiro atoms. The van der Waals surface area contributed by atoms with Gasteiger partial charge in [0.2, 0.25) is 0 Å². The highest BCUT2D eigenvalue weighted by molar-refractivity contribution is 7.99. The van der Waals surface area contributed by atoms with E-state index in [1.54, 1.807) is 36.4 Å². The summed E-state index contributed by atoms with van der Waals surface area (Å²) in [6, 6.07) is 11.4. The summed E-state index contributed by atoms with van der Waals surface area (Å²) in [7, 11) is 0. The van der Waals surface area contributed by atoms with Gasteiger partial charge in [0.25, 0.3) is 11.7 Å². The fraction of sp³-hybridized carbons (Fsp3) is 0.0714. The summed E-state index contributed by atoms with van der Waals surface area (Å²) in [6.07, 6.45) is 0. The highest BCUT2D eigenvalue weighted by Crippen LogP contribution is 2.35. The van der Waals surface area contributed by atoms with Crippen LogP contribution in [0.15, 0.2) is 47.4 Å². The molecule has 0 unspecified atom stereocenters. The third-order valence-electron chi connectivity index (χ3n) is 2.74. The summed E-state index contributed by atoms with van der Waals surface area (Å²) >= 11 is 0.432. The van der Waals surface area contributed by atoms with Crippen molar-refractivity contribution in [1.82, 2.24) is 0 Å². The molecule has 0 saturated heterocycles. The third-order valence-corrected chi connectivity index (χ3v) is 3.53. The number of carbonyl (C=O) groups excluding carboxylic acids is 1. The molecule has 0 fully saturated rings. The lowest BCUT2D eigenvalue weighted by molar-refractivity contribution is 0.100. The van der Waals surface area contributed by atoms with E-state index in [1.807, 2.05) is 0 Å². The lowest BCUT2D eigenvalue weighted by Gasteiger charge is -2.14. The molecule has 0 aromatic heterocycles. The summed E-state index contributed by atoms with van der Waals surface area (Å²) in [5.74, 6) is -3.17. The van der Waals surface area contributed by atoms with Gasteiger partial charge in [-0.05, 0) is 24.3 Å². The van der Waals surface area contributed by atoms with Crippen LogP contribution in [0.25, 0.3) is 0 Å². The van der Waals surface area contributed by atoms with Gasteiger partial charge in [0.1, 0.15) is 0 Å². The lowest BCUT2D eigenvalue weighted by atomic mass is 10.1. The number of rotatable bonds is 5. The first-order chi connectivity index (χ1) is 9.99. The van der Waals surface area contributed by atoms with Crippen LogP contribution in [-0.2, 0) is 0 Å². The van der Waals surface area contributed by atoms with Crippen LogP contribution in [0.1, 0.15) is 10.4 Å². The quantitative estimate of drug-likeness (QED) is 0.584. The number of halogens is 2. The van der Waals surface area contributed by atoms with Gasteiger partial charge in [-0.25, -0.2) is 0 Å². The zero-order valence-electron chi connectivity index (χ0n) is 10.8. The summed E-state index contributed by atoms with van der Waals surface area (Å²) in [6.45, 7) is 0. The van der Waals surface area contributed by atoms with E-state index >= 15 is 0 Å². The number of nitrogens with one attached hydrogen (secondary N) is 1. The zero-order valence-corrected chi connectivity index (χ0v) is 11.7. The van der Waals surface area contributed by atoms with Crippen LogP contribution in [0.3, 0.4) is 0 Å². The van der Waals surface area contributed by atoms with E-state index in [9.17, 15) is 13.6 Å². The average molecular weight is 309 g/mol. The number of para-hydroxylation sites is 2. The number of carbonyl (C=O) groups is 1. The van der Waals surface area contributed by atoms with Gasteiger partial charge in [-0.15, -0.1) is 0 Å². The Balaban J connectivity index is 2.35. The van der Waals surface area contributed by atoms with Crippen molar-refractivity contribution in [3.8, 4) is 0 Å². The molecule has 21 heavy (non-hydrogen) atoms. The van der Waals surface area contributed by atoms with Crippen molar-refractivity contribution < 1.29 is 13.6 Å². The molecular formula is C14H13F2N3OS. The molecule has 110 valence electrons. The molecule has 2 aromatic rings. The molecule has 2 aromatic carbocycles. The molecule has 1 amide bonds. The van der Waals surface area contributed by atoms with E-state index in [0.29, 0.717) is 28.0 Å². The highest BCUT2D eigenvalue weighted by atomic mass is 32.2. The molecule has 0 aliphatic rings. The smallest absolute Gasteiger partial charge is 0.288 e. The average Bonchev–Trinajstić information content (AvgIpc) is 2.42. The summed E-state index contributed by atoms with van der Waals surface area (Å²) in [5, 5.41) is 2.95. The second-order valence-electron chi connectivity index (χ2n) is 4.13. The number of amides is 1. The minimum Gasteiger partial charge on any atom is -0.396 e. The maximum atomic E-state index is 12.5. The van der Waals surface area contributed by atoms with E-state index < -0.39 is 11.7 Å². The SMILES string of the molecule is NC(=O)c1cccc(Nc2ccccc2SC(F)F)c1N. The van der Waals surface area contributed by atoms with Gasteiger partial charge in [-0.1, -0.05) is 30.0 Å². The van der Waals surface area contributed by atoms with Gasteiger partial charge >= 0.3 is 0 Å². The fourth-order valence-electron chi connectivity index (χ4n) is 1.80. The predicted molar refractivity (Wildman–Crippen MR) is 81.0 cm³/mol. The Morgan fingerprint density at radius 1 is 1.10 bits per heavy atom. The first kappa shape index (κ1) is 15.1. The zero-order chi connectivity index (χ0) is 15.4. The molecule has 4 nitrogen and oxygen atoms in total. The largest absolute Gasteiger partial charge is 0.396 e. The number of hydrogen-bond acceptors (Lipinski definition) is 4. The molecule has 2 rings (SSSR count). The van der Waals surface area contributed by atoms with Crippen molar-refractivity contribution in [3.63, 3.8) is 0 Å². The van der Waals surface area contributed by atoms with E-state index in [1.165, 1.54) is 6.07 Å². The summed E-state index contributed by atoms with van der Waals surface area (Å²) < 4.78 is 25.1. The van der Waals surface area contributed by atoms with Crippen LogP contribution in [0.5, 0.6) is 0 Å². The number of benzene rings is 2. The Kier molecular flexibility index (Phi) is 4.64. The molecule has 7 heteroatoms.